The van der Waals surface area contributed by atoms with Crippen molar-refractivity contribution < 1.29 is 14.9 Å². The highest BCUT2D eigenvalue weighted by molar-refractivity contribution is 4.93. The predicted octanol–water partition coefficient (Wildman–Crippen LogP) is -0.445. The Hall–Kier alpha value is -1.20. The number of aliphatic hydroxyl groups excluding tert-OH is 2. The lowest BCUT2D eigenvalue weighted by Gasteiger charge is -2.13. The van der Waals surface area contributed by atoms with Crippen molar-refractivity contribution in [3.05, 3.63) is 18.5 Å². The van der Waals surface area contributed by atoms with Gasteiger partial charge in [0.1, 0.15) is 6.10 Å². The first-order chi connectivity index (χ1) is 5.70. The molecule has 0 spiro atoms. The summed E-state index contributed by atoms with van der Waals surface area (Å²) in [5, 5.41) is 17.9. The standard InChI is InChI=1S/C7H10N2O3/c1-5(10)6(11)12-7-8-3-2-4-9-7/h2-6,10-11H,1H3. The summed E-state index contributed by atoms with van der Waals surface area (Å²) in [5.74, 6) is 0. The van der Waals surface area contributed by atoms with Crippen LogP contribution in [0.1, 0.15) is 6.92 Å². The van der Waals surface area contributed by atoms with Gasteiger partial charge < -0.3 is 14.9 Å². The Morgan fingerprint density at radius 3 is 2.42 bits per heavy atom. The van der Waals surface area contributed by atoms with E-state index in [2.05, 4.69) is 9.97 Å². The molecule has 0 aliphatic heterocycles. The minimum atomic E-state index is -1.28. The maximum absolute atomic E-state index is 9.03. The second kappa shape index (κ2) is 3.99. The summed E-state index contributed by atoms with van der Waals surface area (Å²) >= 11 is 0. The molecule has 1 heterocycles. The van der Waals surface area contributed by atoms with E-state index in [9.17, 15) is 0 Å². The van der Waals surface area contributed by atoms with Gasteiger partial charge in [0.05, 0.1) is 0 Å². The first-order valence-electron chi connectivity index (χ1n) is 3.50. The quantitative estimate of drug-likeness (QED) is 0.601. The number of rotatable bonds is 3. The maximum atomic E-state index is 9.03. The fourth-order valence-corrected chi connectivity index (χ4v) is 0.553. The average molecular weight is 170 g/mol. The summed E-state index contributed by atoms with van der Waals surface area (Å²) in [5.41, 5.74) is 0. The summed E-state index contributed by atoms with van der Waals surface area (Å²) in [6.07, 6.45) is 0.718. The van der Waals surface area contributed by atoms with Gasteiger partial charge in [0, 0.05) is 12.4 Å². The third-order valence-electron chi connectivity index (χ3n) is 1.18. The second-order valence-electron chi connectivity index (χ2n) is 2.28. The van der Waals surface area contributed by atoms with E-state index >= 15 is 0 Å². The molecule has 0 amide bonds. The van der Waals surface area contributed by atoms with Gasteiger partial charge in [0.15, 0.2) is 0 Å². The molecule has 66 valence electrons. The van der Waals surface area contributed by atoms with E-state index in [1.807, 2.05) is 0 Å². The third kappa shape index (κ3) is 2.44. The lowest BCUT2D eigenvalue weighted by Crippen LogP contribution is -2.29. The first kappa shape index (κ1) is 8.89. The molecule has 0 bridgehead atoms. The fraction of sp³-hybridized carbons (Fsp3) is 0.429. The number of aliphatic hydroxyl groups is 2. The van der Waals surface area contributed by atoms with Crippen LogP contribution in [-0.2, 0) is 0 Å². The molecular weight excluding hydrogens is 160 g/mol. The third-order valence-corrected chi connectivity index (χ3v) is 1.18. The van der Waals surface area contributed by atoms with E-state index in [1.54, 1.807) is 6.07 Å². The van der Waals surface area contributed by atoms with Gasteiger partial charge in [-0.1, -0.05) is 0 Å². The molecule has 0 aromatic carbocycles. The molecule has 12 heavy (non-hydrogen) atoms. The molecule has 0 saturated heterocycles. The first-order valence-corrected chi connectivity index (χ1v) is 3.50. The smallest absolute Gasteiger partial charge is 0.318 e. The Balaban J connectivity index is 2.53. The minimum Gasteiger partial charge on any atom is -0.431 e. The van der Waals surface area contributed by atoms with Crippen LogP contribution in [0.15, 0.2) is 18.5 Å². The SMILES string of the molecule is CC(O)C(O)Oc1ncccn1. The summed E-state index contributed by atoms with van der Waals surface area (Å²) in [6.45, 7) is 1.41. The Bertz CT molecular complexity index is 227. The Kier molecular flexibility index (Phi) is 2.95. The van der Waals surface area contributed by atoms with E-state index in [-0.39, 0.29) is 6.01 Å². The highest BCUT2D eigenvalue weighted by Crippen LogP contribution is 2.02. The molecule has 0 fully saturated rings. The van der Waals surface area contributed by atoms with Crippen LogP contribution in [0.4, 0.5) is 0 Å². The summed E-state index contributed by atoms with van der Waals surface area (Å²) < 4.78 is 4.76. The van der Waals surface area contributed by atoms with Gasteiger partial charge in [-0.15, -0.1) is 0 Å². The molecule has 5 nitrogen and oxygen atoms in total. The monoisotopic (exact) mass is 170 g/mol. The van der Waals surface area contributed by atoms with Crippen LogP contribution in [-0.4, -0.2) is 32.6 Å². The van der Waals surface area contributed by atoms with Gasteiger partial charge in [0.25, 0.3) is 0 Å². The van der Waals surface area contributed by atoms with Crippen LogP contribution in [0.25, 0.3) is 0 Å². The summed E-state index contributed by atoms with van der Waals surface area (Å²) in [7, 11) is 0. The minimum absolute atomic E-state index is 0.0471. The van der Waals surface area contributed by atoms with Gasteiger partial charge >= 0.3 is 6.01 Å². The van der Waals surface area contributed by atoms with Crippen molar-refractivity contribution in [3.8, 4) is 6.01 Å². The largest absolute Gasteiger partial charge is 0.431 e. The van der Waals surface area contributed by atoms with Crippen LogP contribution in [0, 0.1) is 0 Å². The van der Waals surface area contributed by atoms with Crippen LogP contribution < -0.4 is 4.74 Å². The predicted molar refractivity (Wildman–Crippen MR) is 40.3 cm³/mol. The van der Waals surface area contributed by atoms with Gasteiger partial charge in [0.2, 0.25) is 6.29 Å². The highest BCUT2D eigenvalue weighted by Gasteiger charge is 2.12. The summed E-state index contributed by atoms with van der Waals surface area (Å²) in [6, 6.07) is 1.67. The molecular formula is C7H10N2O3. The Morgan fingerprint density at radius 1 is 1.33 bits per heavy atom. The molecule has 5 heteroatoms. The van der Waals surface area contributed by atoms with Crippen molar-refractivity contribution in [2.24, 2.45) is 0 Å². The van der Waals surface area contributed by atoms with Crippen molar-refractivity contribution in [2.45, 2.75) is 19.3 Å². The lowest BCUT2D eigenvalue weighted by molar-refractivity contribution is -0.100. The van der Waals surface area contributed by atoms with Gasteiger partial charge in [-0.05, 0) is 13.0 Å². The van der Waals surface area contributed by atoms with Crippen LogP contribution in [0.5, 0.6) is 6.01 Å². The number of hydrogen-bond donors (Lipinski definition) is 2. The van der Waals surface area contributed by atoms with E-state index in [1.165, 1.54) is 19.3 Å². The van der Waals surface area contributed by atoms with Crippen molar-refractivity contribution in [3.63, 3.8) is 0 Å². The maximum Gasteiger partial charge on any atom is 0.318 e. The normalized spacial score (nSPS) is 15.2. The van der Waals surface area contributed by atoms with Gasteiger partial charge in [-0.3, -0.25) is 0 Å². The number of hydrogen-bond acceptors (Lipinski definition) is 5. The van der Waals surface area contributed by atoms with E-state index in [0.717, 1.165) is 0 Å². The molecule has 1 rings (SSSR count). The number of aromatic nitrogens is 2. The zero-order chi connectivity index (χ0) is 8.97. The zero-order valence-electron chi connectivity index (χ0n) is 6.58. The van der Waals surface area contributed by atoms with Crippen LogP contribution in [0.2, 0.25) is 0 Å². The summed E-state index contributed by atoms with van der Waals surface area (Å²) in [4.78, 5) is 7.39. The van der Waals surface area contributed by atoms with E-state index < -0.39 is 12.4 Å². The zero-order valence-corrected chi connectivity index (χ0v) is 6.58. The van der Waals surface area contributed by atoms with Gasteiger partial charge in [-0.25, -0.2) is 9.97 Å². The molecule has 1 aromatic heterocycles. The molecule has 1 aromatic rings. The van der Waals surface area contributed by atoms with Crippen LogP contribution in [0.3, 0.4) is 0 Å². The average Bonchev–Trinajstić information content (AvgIpc) is 2.06. The molecule has 2 unspecified atom stereocenters. The Morgan fingerprint density at radius 2 is 1.92 bits per heavy atom. The van der Waals surface area contributed by atoms with Crippen molar-refractivity contribution in [1.29, 1.82) is 0 Å². The van der Waals surface area contributed by atoms with Crippen LogP contribution >= 0.6 is 0 Å². The highest BCUT2D eigenvalue weighted by atomic mass is 16.6. The lowest BCUT2D eigenvalue weighted by atomic mass is 10.4. The number of nitrogens with zero attached hydrogens (tertiary/aromatic N) is 2. The molecule has 0 aliphatic carbocycles. The molecule has 2 atom stereocenters. The van der Waals surface area contributed by atoms with Gasteiger partial charge in [-0.2, -0.15) is 0 Å². The number of ether oxygens (including phenoxy) is 1. The van der Waals surface area contributed by atoms with Crippen molar-refractivity contribution in [1.82, 2.24) is 9.97 Å². The topological polar surface area (TPSA) is 75.5 Å². The Labute approximate surface area is 69.7 Å². The molecule has 0 aliphatic rings. The fourth-order valence-electron chi connectivity index (χ4n) is 0.553. The van der Waals surface area contributed by atoms with E-state index in [4.69, 9.17) is 14.9 Å². The molecule has 0 radical (unpaired) electrons. The van der Waals surface area contributed by atoms with E-state index in [0.29, 0.717) is 0 Å². The molecule has 0 saturated carbocycles. The van der Waals surface area contributed by atoms with Crippen molar-refractivity contribution in [2.75, 3.05) is 0 Å². The molecule has 2 N–H and O–H groups in total. The second-order valence-corrected chi connectivity index (χ2v) is 2.28. The van der Waals surface area contributed by atoms with Crippen molar-refractivity contribution >= 4 is 0 Å².